The number of anilines is 1. The molecule has 0 aromatic heterocycles. The number of hydrogen-bond donors (Lipinski definition) is 1. The lowest BCUT2D eigenvalue weighted by Crippen LogP contribution is -2.70. The molecule has 1 aliphatic heterocycles. The molecule has 1 saturated heterocycles. The number of aryl methyl sites for hydroxylation is 1. The van der Waals surface area contributed by atoms with Gasteiger partial charge in [-0.25, -0.2) is 12.8 Å². The second-order valence-corrected chi connectivity index (χ2v) is 11.0. The predicted octanol–water partition coefficient (Wildman–Crippen LogP) is 2.99. The smallest absolute Gasteiger partial charge is 0.247 e. The molecule has 7 nitrogen and oxygen atoms in total. The SMILES string of the molecule is Cc1ccc(S(=O)(=O)N2CC(=O)N(c3ccc(F)cc3)[C@](C)(C(=O)NC3CCCC3)C2)cc1. The van der Waals surface area contributed by atoms with Gasteiger partial charge in [0, 0.05) is 18.3 Å². The third-order valence-corrected chi connectivity index (χ3v) is 8.27. The van der Waals surface area contributed by atoms with E-state index < -0.39 is 39.7 Å². The molecule has 2 fully saturated rings. The van der Waals surface area contributed by atoms with E-state index in [0.717, 1.165) is 35.6 Å². The number of nitrogens with zero attached hydrogens (tertiary/aromatic N) is 2. The number of hydrogen-bond acceptors (Lipinski definition) is 4. The highest BCUT2D eigenvalue weighted by atomic mass is 32.2. The summed E-state index contributed by atoms with van der Waals surface area (Å²) in [4.78, 5) is 28.2. The zero-order chi connectivity index (χ0) is 23.8. The van der Waals surface area contributed by atoms with E-state index in [1.165, 1.54) is 41.3 Å². The molecule has 1 aliphatic carbocycles. The van der Waals surface area contributed by atoms with E-state index in [1.807, 2.05) is 6.92 Å². The molecule has 176 valence electrons. The number of benzene rings is 2. The number of rotatable bonds is 5. The molecule has 9 heteroatoms. The first kappa shape index (κ1) is 23.4. The van der Waals surface area contributed by atoms with Gasteiger partial charge in [0.25, 0.3) is 0 Å². The Morgan fingerprint density at radius 3 is 2.27 bits per heavy atom. The van der Waals surface area contributed by atoms with Crippen molar-refractivity contribution in [2.45, 2.75) is 56.0 Å². The molecule has 1 atom stereocenters. The Bertz CT molecular complexity index is 1150. The Labute approximate surface area is 193 Å². The second-order valence-electron chi connectivity index (χ2n) is 9.02. The summed E-state index contributed by atoms with van der Waals surface area (Å²) < 4.78 is 41.3. The molecule has 0 bridgehead atoms. The normalized spacial score (nSPS) is 22.5. The molecule has 1 N–H and O–H groups in total. The van der Waals surface area contributed by atoms with Gasteiger partial charge in [0.05, 0.1) is 11.4 Å². The molecule has 0 unspecified atom stereocenters. The van der Waals surface area contributed by atoms with Crippen LogP contribution in [0.15, 0.2) is 53.4 Å². The van der Waals surface area contributed by atoms with Gasteiger partial charge >= 0.3 is 0 Å². The molecule has 2 aliphatic rings. The molecule has 4 rings (SSSR count). The van der Waals surface area contributed by atoms with Gasteiger partial charge in [0.1, 0.15) is 11.4 Å². The lowest BCUT2D eigenvalue weighted by atomic mass is 9.94. The average Bonchev–Trinajstić information content (AvgIpc) is 3.28. The predicted molar refractivity (Wildman–Crippen MR) is 123 cm³/mol. The topological polar surface area (TPSA) is 86.8 Å². The molecule has 1 saturated carbocycles. The molecule has 2 aromatic rings. The third kappa shape index (κ3) is 4.52. The van der Waals surface area contributed by atoms with Gasteiger partial charge in [-0.15, -0.1) is 0 Å². The maximum atomic E-state index is 13.5. The molecule has 2 amide bonds. The standard InChI is InChI=1S/C24H28FN3O4S/c1-17-7-13-21(14-8-17)33(31,32)27-15-22(29)28(20-11-9-18(25)10-12-20)24(2,16-27)23(30)26-19-5-3-4-6-19/h7-14,19H,3-6,15-16H2,1-2H3,(H,26,30)/t24-/m0/s1. The fourth-order valence-electron chi connectivity index (χ4n) is 4.60. The van der Waals surface area contributed by atoms with Crippen molar-refractivity contribution in [1.29, 1.82) is 0 Å². The van der Waals surface area contributed by atoms with E-state index in [4.69, 9.17) is 0 Å². The van der Waals surface area contributed by atoms with Crippen LogP contribution < -0.4 is 10.2 Å². The van der Waals surface area contributed by atoms with Gasteiger partial charge < -0.3 is 5.32 Å². The summed E-state index contributed by atoms with van der Waals surface area (Å²) in [6, 6.07) is 11.7. The number of sulfonamides is 1. The van der Waals surface area contributed by atoms with Crippen LogP contribution in [0, 0.1) is 12.7 Å². The fraction of sp³-hybridized carbons (Fsp3) is 0.417. The van der Waals surface area contributed by atoms with Crippen LogP contribution in [0.5, 0.6) is 0 Å². The number of nitrogens with one attached hydrogen (secondary N) is 1. The largest absolute Gasteiger partial charge is 0.351 e. The van der Waals surface area contributed by atoms with E-state index >= 15 is 0 Å². The van der Waals surface area contributed by atoms with Crippen molar-refractivity contribution in [3.8, 4) is 0 Å². The summed E-state index contributed by atoms with van der Waals surface area (Å²) in [6.45, 7) is 2.78. The molecule has 2 aromatic carbocycles. The van der Waals surface area contributed by atoms with Crippen LogP contribution in [0.25, 0.3) is 0 Å². The van der Waals surface area contributed by atoms with E-state index in [0.29, 0.717) is 5.69 Å². The fourth-order valence-corrected chi connectivity index (χ4v) is 6.08. The van der Waals surface area contributed by atoms with Crippen molar-refractivity contribution in [3.05, 3.63) is 59.9 Å². The average molecular weight is 474 g/mol. The lowest BCUT2D eigenvalue weighted by molar-refractivity contribution is -0.133. The van der Waals surface area contributed by atoms with Gasteiger partial charge in [-0.2, -0.15) is 4.31 Å². The Morgan fingerprint density at radius 2 is 1.67 bits per heavy atom. The summed E-state index contributed by atoms with van der Waals surface area (Å²) in [7, 11) is -4.01. The number of halogens is 1. The molecule has 0 radical (unpaired) electrons. The first-order valence-electron chi connectivity index (χ1n) is 11.1. The summed E-state index contributed by atoms with van der Waals surface area (Å²) in [5.74, 6) is -1.44. The quantitative estimate of drug-likeness (QED) is 0.723. The maximum absolute atomic E-state index is 13.5. The van der Waals surface area contributed by atoms with Crippen LogP contribution in [0.2, 0.25) is 0 Å². The zero-order valence-corrected chi connectivity index (χ0v) is 19.6. The minimum absolute atomic E-state index is 0.0106. The van der Waals surface area contributed by atoms with Gasteiger partial charge in [0.2, 0.25) is 21.8 Å². The van der Waals surface area contributed by atoms with Crippen LogP contribution in [-0.4, -0.2) is 49.2 Å². The summed E-state index contributed by atoms with van der Waals surface area (Å²) in [5, 5.41) is 3.01. The highest BCUT2D eigenvalue weighted by Gasteiger charge is 2.51. The minimum Gasteiger partial charge on any atom is -0.351 e. The van der Waals surface area contributed by atoms with Crippen LogP contribution >= 0.6 is 0 Å². The van der Waals surface area contributed by atoms with E-state index in [-0.39, 0.29) is 17.5 Å². The van der Waals surface area contributed by atoms with Gasteiger partial charge in [-0.1, -0.05) is 30.5 Å². The number of carbonyl (C=O) groups is 2. The maximum Gasteiger partial charge on any atom is 0.247 e. The highest BCUT2D eigenvalue weighted by molar-refractivity contribution is 7.89. The van der Waals surface area contributed by atoms with Crippen molar-refractivity contribution in [1.82, 2.24) is 9.62 Å². The Kier molecular flexibility index (Phi) is 6.28. The van der Waals surface area contributed by atoms with Crippen molar-refractivity contribution < 1.29 is 22.4 Å². The molecule has 0 spiro atoms. The van der Waals surface area contributed by atoms with Gasteiger partial charge in [0.15, 0.2) is 0 Å². The van der Waals surface area contributed by atoms with Gasteiger partial charge in [-0.3, -0.25) is 14.5 Å². The molecule has 1 heterocycles. The first-order valence-corrected chi connectivity index (χ1v) is 12.5. The van der Waals surface area contributed by atoms with E-state index in [2.05, 4.69) is 5.32 Å². The number of amides is 2. The summed E-state index contributed by atoms with van der Waals surface area (Å²) >= 11 is 0. The molecular formula is C24H28FN3O4S. The van der Waals surface area contributed by atoms with Crippen LogP contribution in [0.3, 0.4) is 0 Å². The number of carbonyl (C=O) groups excluding carboxylic acids is 2. The van der Waals surface area contributed by atoms with Crippen molar-refractivity contribution in [3.63, 3.8) is 0 Å². The van der Waals surface area contributed by atoms with Crippen LogP contribution in [0.4, 0.5) is 10.1 Å². The lowest BCUT2D eigenvalue weighted by Gasteiger charge is -2.47. The monoisotopic (exact) mass is 473 g/mol. The summed E-state index contributed by atoms with van der Waals surface area (Å²) in [5.41, 5.74) is -0.252. The highest BCUT2D eigenvalue weighted by Crippen LogP contribution is 2.33. The number of piperazine rings is 1. The Balaban J connectivity index is 1.72. The van der Waals surface area contributed by atoms with Crippen molar-refractivity contribution in [2.24, 2.45) is 0 Å². The molecule has 33 heavy (non-hydrogen) atoms. The van der Waals surface area contributed by atoms with E-state index in [1.54, 1.807) is 19.1 Å². The third-order valence-electron chi connectivity index (χ3n) is 6.46. The minimum atomic E-state index is -4.01. The summed E-state index contributed by atoms with van der Waals surface area (Å²) in [6.07, 6.45) is 3.71. The Hall–Kier alpha value is -2.78. The second kappa shape index (κ2) is 8.87. The van der Waals surface area contributed by atoms with Crippen LogP contribution in [0.1, 0.15) is 38.2 Å². The zero-order valence-electron chi connectivity index (χ0n) is 18.8. The first-order chi connectivity index (χ1) is 15.6. The van der Waals surface area contributed by atoms with E-state index in [9.17, 15) is 22.4 Å². The van der Waals surface area contributed by atoms with Crippen LogP contribution in [-0.2, 0) is 19.6 Å². The van der Waals surface area contributed by atoms with Crippen molar-refractivity contribution in [2.75, 3.05) is 18.0 Å². The Morgan fingerprint density at radius 1 is 1.06 bits per heavy atom. The van der Waals surface area contributed by atoms with Crippen molar-refractivity contribution >= 4 is 27.5 Å². The van der Waals surface area contributed by atoms with Gasteiger partial charge in [-0.05, 0) is 63.1 Å². The molecular weight excluding hydrogens is 445 g/mol.